The quantitative estimate of drug-likeness (QED) is 0.930. The largest absolute Gasteiger partial charge is 0.447 e. The molecule has 1 aliphatic heterocycles. The van der Waals surface area contributed by atoms with Crippen molar-refractivity contribution in [3.05, 3.63) is 40.2 Å². The van der Waals surface area contributed by atoms with E-state index < -0.39 is 6.10 Å². The van der Waals surface area contributed by atoms with Crippen molar-refractivity contribution in [3.8, 4) is 0 Å². The fourth-order valence-electron chi connectivity index (χ4n) is 3.09. The minimum absolute atomic E-state index is 0.0634. The molecule has 0 aromatic carbocycles. The lowest BCUT2D eigenvalue weighted by Gasteiger charge is -2.33. The highest BCUT2D eigenvalue weighted by atomic mass is 32.1. The SMILES string of the molecule is CC(C)c1ocnc1C(=O)N1CCC(C(O)c2cccs2)CC1. The van der Waals surface area contributed by atoms with Crippen LogP contribution in [0.5, 0.6) is 0 Å². The lowest BCUT2D eigenvalue weighted by molar-refractivity contribution is 0.0469. The molecule has 1 amide bonds. The van der Waals surface area contributed by atoms with Crippen LogP contribution in [0.4, 0.5) is 0 Å². The fraction of sp³-hybridized carbons (Fsp3) is 0.529. The summed E-state index contributed by atoms with van der Waals surface area (Å²) < 4.78 is 5.35. The number of thiophene rings is 1. The summed E-state index contributed by atoms with van der Waals surface area (Å²) in [6.45, 7) is 5.27. The van der Waals surface area contributed by atoms with E-state index in [0.717, 1.165) is 17.7 Å². The van der Waals surface area contributed by atoms with Crippen molar-refractivity contribution in [3.63, 3.8) is 0 Å². The number of oxazole rings is 1. The Labute approximate surface area is 140 Å². The second kappa shape index (κ2) is 6.84. The van der Waals surface area contributed by atoms with Crippen LogP contribution in [0.3, 0.4) is 0 Å². The number of hydrogen-bond donors (Lipinski definition) is 1. The van der Waals surface area contributed by atoms with Crippen molar-refractivity contribution in [1.29, 1.82) is 0 Å². The molecule has 0 bridgehead atoms. The Hall–Kier alpha value is -1.66. The van der Waals surface area contributed by atoms with Crippen molar-refractivity contribution in [1.82, 2.24) is 9.88 Å². The van der Waals surface area contributed by atoms with E-state index in [0.29, 0.717) is 24.5 Å². The summed E-state index contributed by atoms with van der Waals surface area (Å²) in [4.78, 5) is 19.6. The molecular formula is C17H22N2O3S. The highest BCUT2D eigenvalue weighted by Crippen LogP contribution is 2.33. The van der Waals surface area contributed by atoms with E-state index in [1.54, 1.807) is 11.3 Å². The second-order valence-electron chi connectivity index (χ2n) is 6.31. The third-order valence-electron chi connectivity index (χ3n) is 4.43. The normalized spacial score (nSPS) is 17.7. The molecule has 1 atom stereocenters. The molecule has 1 fully saturated rings. The zero-order valence-corrected chi connectivity index (χ0v) is 14.3. The van der Waals surface area contributed by atoms with Crippen molar-refractivity contribution < 1.29 is 14.3 Å². The maximum atomic E-state index is 12.6. The molecule has 0 aliphatic carbocycles. The number of amides is 1. The van der Waals surface area contributed by atoms with Crippen molar-refractivity contribution in [2.75, 3.05) is 13.1 Å². The third-order valence-corrected chi connectivity index (χ3v) is 5.37. The summed E-state index contributed by atoms with van der Waals surface area (Å²) in [7, 11) is 0. The monoisotopic (exact) mass is 334 g/mol. The summed E-state index contributed by atoms with van der Waals surface area (Å²) >= 11 is 1.58. The molecule has 6 heteroatoms. The molecule has 23 heavy (non-hydrogen) atoms. The number of carbonyl (C=O) groups is 1. The molecule has 5 nitrogen and oxygen atoms in total. The minimum atomic E-state index is -0.425. The number of carbonyl (C=O) groups excluding carboxylic acids is 1. The molecule has 0 radical (unpaired) electrons. The lowest BCUT2D eigenvalue weighted by atomic mass is 9.90. The topological polar surface area (TPSA) is 66.6 Å². The van der Waals surface area contributed by atoms with Gasteiger partial charge >= 0.3 is 0 Å². The highest BCUT2D eigenvalue weighted by Gasteiger charge is 2.31. The van der Waals surface area contributed by atoms with Crippen LogP contribution in [-0.4, -0.2) is 34.0 Å². The summed E-state index contributed by atoms with van der Waals surface area (Å²) in [6.07, 6.45) is 2.53. The Balaban J connectivity index is 1.62. The number of aliphatic hydroxyl groups excluding tert-OH is 1. The summed E-state index contributed by atoms with van der Waals surface area (Å²) in [5.41, 5.74) is 0.428. The van der Waals surface area contributed by atoms with Gasteiger partial charge in [-0.25, -0.2) is 4.98 Å². The third kappa shape index (κ3) is 3.33. The Morgan fingerprint density at radius 2 is 2.17 bits per heavy atom. The molecule has 2 aromatic rings. The molecule has 3 rings (SSSR count). The Bertz CT molecular complexity index is 643. The average molecular weight is 334 g/mol. The zero-order chi connectivity index (χ0) is 16.4. The van der Waals surface area contributed by atoms with Gasteiger partial charge < -0.3 is 14.4 Å². The second-order valence-corrected chi connectivity index (χ2v) is 7.29. The Morgan fingerprint density at radius 3 is 2.78 bits per heavy atom. The van der Waals surface area contributed by atoms with Crippen LogP contribution in [0.1, 0.15) is 59.8 Å². The average Bonchev–Trinajstić information content (AvgIpc) is 3.24. The first-order valence-corrected chi connectivity index (χ1v) is 8.90. The Kier molecular flexibility index (Phi) is 4.82. The van der Waals surface area contributed by atoms with E-state index >= 15 is 0 Å². The number of nitrogens with zero attached hydrogens (tertiary/aromatic N) is 2. The first-order valence-electron chi connectivity index (χ1n) is 8.02. The number of hydrogen-bond acceptors (Lipinski definition) is 5. The maximum Gasteiger partial charge on any atom is 0.276 e. The molecule has 1 unspecified atom stereocenters. The van der Waals surface area contributed by atoms with E-state index in [2.05, 4.69) is 4.98 Å². The van der Waals surface area contributed by atoms with Crippen LogP contribution in [-0.2, 0) is 0 Å². The maximum absolute atomic E-state index is 12.6. The standard InChI is InChI=1S/C17H22N2O3S/c1-11(2)16-14(18-10-22-16)17(21)19-7-5-12(6-8-19)15(20)13-4-3-9-23-13/h3-4,9-12,15,20H,5-8H2,1-2H3. The van der Waals surface area contributed by atoms with Gasteiger partial charge in [0.25, 0.3) is 5.91 Å². The first kappa shape index (κ1) is 16.2. The van der Waals surface area contributed by atoms with Gasteiger partial charge in [-0.2, -0.15) is 0 Å². The number of piperidine rings is 1. The van der Waals surface area contributed by atoms with Crippen LogP contribution >= 0.6 is 11.3 Å². The fourth-order valence-corrected chi connectivity index (χ4v) is 3.89. The molecule has 0 saturated carbocycles. The summed E-state index contributed by atoms with van der Waals surface area (Å²) in [5.74, 6) is 0.927. The van der Waals surface area contributed by atoms with Crippen LogP contribution < -0.4 is 0 Å². The number of aliphatic hydroxyl groups is 1. The molecule has 1 aliphatic rings. The first-order chi connectivity index (χ1) is 11.1. The molecule has 3 heterocycles. The highest BCUT2D eigenvalue weighted by molar-refractivity contribution is 7.10. The minimum Gasteiger partial charge on any atom is -0.447 e. The molecule has 1 N–H and O–H groups in total. The van der Waals surface area contributed by atoms with E-state index in [1.807, 2.05) is 36.3 Å². The smallest absolute Gasteiger partial charge is 0.276 e. The van der Waals surface area contributed by atoms with Crippen molar-refractivity contribution in [2.24, 2.45) is 5.92 Å². The summed E-state index contributed by atoms with van der Waals surface area (Å²) in [5, 5.41) is 12.4. The number of aromatic nitrogens is 1. The molecule has 2 aromatic heterocycles. The van der Waals surface area contributed by atoms with Gasteiger partial charge in [0.1, 0.15) is 5.76 Å². The lowest BCUT2D eigenvalue weighted by Crippen LogP contribution is -2.40. The van der Waals surface area contributed by atoms with Crippen LogP contribution in [0, 0.1) is 5.92 Å². The van der Waals surface area contributed by atoms with Crippen molar-refractivity contribution in [2.45, 2.75) is 38.7 Å². The molecule has 124 valence electrons. The predicted octanol–water partition coefficient (Wildman–Crippen LogP) is 3.45. The van der Waals surface area contributed by atoms with Gasteiger partial charge in [0.15, 0.2) is 12.1 Å². The Morgan fingerprint density at radius 1 is 1.43 bits per heavy atom. The summed E-state index contributed by atoms with van der Waals surface area (Å²) in [6, 6.07) is 3.93. The van der Waals surface area contributed by atoms with Crippen LogP contribution in [0.2, 0.25) is 0 Å². The van der Waals surface area contributed by atoms with Gasteiger partial charge in [-0.15, -0.1) is 11.3 Å². The van der Waals surface area contributed by atoms with E-state index in [9.17, 15) is 9.90 Å². The van der Waals surface area contributed by atoms with Crippen LogP contribution in [0.15, 0.2) is 28.3 Å². The van der Waals surface area contributed by atoms with Gasteiger partial charge in [0, 0.05) is 23.9 Å². The van der Waals surface area contributed by atoms with E-state index in [-0.39, 0.29) is 17.7 Å². The van der Waals surface area contributed by atoms with E-state index in [1.165, 1.54) is 6.39 Å². The molecular weight excluding hydrogens is 312 g/mol. The zero-order valence-electron chi connectivity index (χ0n) is 13.4. The number of likely N-dealkylation sites (tertiary alicyclic amines) is 1. The van der Waals surface area contributed by atoms with Gasteiger partial charge in [0.2, 0.25) is 0 Å². The van der Waals surface area contributed by atoms with Gasteiger partial charge in [-0.05, 0) is 30.2 Å². The molecule has 0 spiro atoms. The van der Waals surface area contributed by atoms with Crippen LogP contribution in [0.25, 0.3) is 0 Å². The molecule has 1 saturated heterocycles. The predicted molar refractivity (Wildman–Crippen MR) is 88.5 cm³/mol. The van der Waals surface area contributed by atoms with Crippen molar-refractivity contribution >= 4 is 17.2 Å². The number of rotatable bonds is 4. The van der Waals surface area contributed by atoms with Gasteiger partial charge in [-0.3, -0.25) is 4.79 Å². The van der Waals surface area contributed by atoms with Gasteiger partial charge in [0.05, 0.1) is 6.10 Å². The van der Waals surface area contributed by atoms with E-state index in [4.69, 9.17) is 4.42 Å². The van der Waals surface area contributed by atoms with Gasteiger partial charge in [-0.1, -0.05) is 19.9 Å².